The molecule has 5 heteroatoms. The van der Waals surface area contributed by atoms with E-state index in [1.807, 2.05) is 0 Å². The zero-order valence-corrected chi connectivity index (χ0v) is 15.6. The summed E-state index contributed by atoms with van der Waals surface area (Å²) in [4.78, 5) is 25.7. The van der Waals surface area contributed by atoms with E-state index < -0.39 is 0 Å². The summed E-state index contributed by atoms with van der Waals surface area (Å²) in [5.74, 6) is -0.268. The van der Waals surface area contributed by atoms with E-state index in [0.29, 0.717) is 33.6 Å². The van der Waals surface area contributed by atoms with Crippen LogP contribution < -0.4 is 11.1 Å². The predicted molar refractivity (Wildman–Crippen MR) is 105 cm³/mol. The average molecular weight is 434 g/mol. The highest BCUT2D eigenvalue weighted by Crippen LogP contribution is 2.36. The molecule has 124 valence electrons. The van der Waals surface area contributed by atoms with Crippen molar-refractivity contribution in [2.45, 2.75) is 30.2 Å². The largest absolute Gasteiger partial charge is 0.397 e. The van der Waals surface area contributed by atoms with Gasteiger partial charge in [-0.2, -0.15) is 0 Å². The SMILES string of the molecule is CCCCC(I)Nc1c(N)ccc2c1C(=O)c1ccccc1C2=O. The maximum absolute atomic E-state index is 13.0. The van der Waals surface area contributed by atoms with Crippen LogP contribution in [-0.4, -0.2) is 15.6 Å². The van der Waals surface area contributed by atoms with E-state index in [1.54, 1.807) is 36.4 Å². The number of unbranched alkanes of at least 4 members (excludes halogenated alkanes) is 1. The first-order valence-electron chi connectivity index (χ1n) is 8.06. The maximum atomic E-state index is 13.0. The molecule has 1 atom stereocenters. The lowest BCUT2D eigenvalue weighted by Gasteiger charge is -2.23. The Morgan fingerprint density at radius 3 is 2.38 bits per heavy atom. The second-order valence-electron chi connectivity index (χ2n) is 5.91. The number of hydrogen-bond donors (Lipinski definition) is 2. The van der Waals surface area contributed by atoms with Crippen molar-refractivity contribution in [2.24, 2.45) is 0 Å². The lowest BCUT2D eigenvalue weighted by atomic mass is 9.83. The van der Waals surface area contributed by atoms with Gasteiger partial charge in [-0.15, -0.1) is 0 Å². The molecule has 0 aromatic heterocycles. The summed E-state index contributed by atoms with van der Waals surface area (Å²) in [5, 5.41) is 3.34. The van der Waals surface area contributed by atoms with Crippen LogP contribution in [0.1, 0.15) is 58.0 Å². The molecule has 4 nitrogen and oxygen atoms in total. The number of fused-ring (bicyclic) bond motifs is 2. The van der Waals surface area contributed by atoms with Crippen molar-refractivity contribution in [3.05, 3.63) is 58.7 Å². The fourth-order valence-electron chi connectivity index (χ4n) is 2.97. The molecule has 0 spiro atoms. The Morgan fingerprint density at radius 2 is 1.71 bits per heavy atom. The van der Waals surface area contributed by atoms with E-state index in [9.17, 15) is 9.59 Å². The second-order valence-corrected chi connectivity index (χ2v) is 7.41. The van der Waals surface area contributed by atoms with Crippen LogP contribution in [0.2, 0.25) is 0 Å². The Labute approximate surface area is 155 Å². The van der Waals surface area contributed by atoms with Gasteiger partial charge >= 0.3 is 0 Å². The third-order valence-electron chi connectivity index (χ3n) is 4.24. The van der Waals surface area contributed by atoms with Crippen molar-refractivity contribution in [3.8, 4) is 0 Å². The number of nitrogens with two attached hydrogens (primary N) is 1. The molecule has 1 aliphatic carbocycles. The molecule has 0 fully saturated rings. The Balaban J connectivity index is 2.07. The second kappa shape index (κ2) is 6.93. The van der Waals surface area contributed by atoms with Crippen LogP contribution in [0.15, 0.2) is 36.4 Å². The normalized spacial score (nSPS) is 14.1. The predicted octanol–water partition coefficient (Wildman–Crippen LogP) is 4.41. The Morgan fingerprint density at radius 1 is 1.04 bits per heavy atom. The lowest BCUT2D eigenvalue weighted by Crippen LogP contribution is -2.24. The molecular weight excluding hydrogens is 415 g/mol. The van der Waals surface area contributed by atoms with Gasteiger partial charge in [-0.1, -0.05) is 66.6 Å². The third-order valence-corrected chi connectivity index (χ3v) is 5.17. The molecule has 0 amide bonds. The monoisotopic (exact) mass is 434 g/mol. The quantitative estimate of drug-likeness (QED) is 0.270. The van der Waals surface area contributed by atoms with Crippen molar-refractivity contribution >= 4 is 45.5 Å². The summed E-state index contributed by atoms with van der Waals surface area (Å²) in [6, 6.07) is 10.3. The molecule has 0 radical (unpaired) electrons. The van der Waals surface area contributed by atoms with Crippen molar-refractivity contribution in [1.82, 2.24) is 0 Å². The number of rotatable bonds is 5. The number of nitrogens with one attached hydrogen (secondary N) is 1. The lowest BCUT2D eigenvalue weighted by molar-refractivity contribution is 0.0979. The number of nitrogen functional groups attached to an aromatic ring is 1. The number of carbonyl (C=O) groups is 2. The molecule has 24 heavy (non-hydrogen) atoms. The zero-order valence-electron chi connectivity index (χ0n) is 13.4. The zero-order chi connectivity index (χ0) is 17.3. The van der Waals surface area contributed by atoms with Gasteiger partial charge in [-0.3, -0.25) is 9.59 Å². The summed E-state index contributed by atoms with van der Waals surface area (Å²) >= 11 is 2.31. The number of benzene rings is 2. The summed E-state index contributed by atoms with van der Waals surface area (Å²) in [6.45, 7) is 2.14. The minimum atomic E-state index is -0.144. The Kier molecular flexibility index (Phi) is 4.89. The van der Waals surface area contributed by atoms with E-state index in [0.717, 1.165) is 19.3 Å². The topological polar surface area (TPSA) is 72.2 Å². The van der Waals surface area contributed by atoms with Crippen molar-refractivity contribution in [1.29, 1.82) is 0 Å². The molecule has 2 aromatic rings. The van der Waals surface area contributed by atoms with E-state index >= 15 is 0 Å². The highest BCUT2D eigenvalue weighted by molar-refractivity contribution is 14.1. The molecule has 0 heterocycles. The number of carbonyl (C=O) groups excluding carboxylic acids is 2. The van der Waals surface area contributed by atoms with Gasteiger partial charge in [0.05, 0.1) is 21.0 Å². The van der Waals surface area contributed by atoms with Gasteiger partial charge in [-0.25, -0.2) is 0 Å². The molecular formula is C19H19IN2O2. The summed E-state index contributed by atoms with van der Waals surface area (Å²) < 4.78 is 0.149. The molecule has 1 aliphatic rings. The molecule has 0 bridgehead atoms. The van der Waals surface area contributed by atoms with Gasteiger partial charge in [0.2, 0.25) is 0 Å². The van der Waals surface area contributed by atoms with E-state index in [2.05, 4.69) is 34.8 Å². The van der Waals surface area contributed by atoms with Gasteiger partial charge in [-0.05, 0) is 18.6 Å². The summed E-state index contributed by atoms with van der Waals surface area (Å²) in [5.41, 5.74) is 8.93. The van der Waals surface area contributed by atoms with Crippen LogP contribution in [-0.2, 0) is 0 Å². The minimum Gasteiger partial charge on any atom is -0.397 e. The van der Waals surface area contributed by atoms with Crippen LogP contribution in [0.25, 0.3) is 0 Å². The van der Waals surface area contributed by atoms with Crippen LogP contribution >= 0.6 is 22.6 Å². The van der Waals surface area contributed by atoms with Crippen LogP contribution in [0.3, 0.4) is 0 Å². The maximum Gasteiger partial charge on any atom is 0.196 e. The molecule has 3 rings (SSSR count). The molecule has 3 N–H and O–H groups in total. The number of alkyl halides is 1. The number of hydrogen-bond acceptors (Lipinski definition) is 4. The fraction of sp³-hybridized carbons (Fsp3) is 0.263. The molecule has 0 aliphatic heterocycles. The number of halogens is 1. The first-order chi connectivity index (χ1) is 11.5. The van der Waals surface area contributed by atoms with Crippen molar-refractivity contribution in [2.75, 3.05) is 11.1 Å². The Bertz CT molecular complexity index is 817. The first-order valence-corrected chi connectivity index (χ1v) is 9.30. The molecule has 0 saturated heterocycles. The number of ketones is 2. The summed E-state index contributed by atoms with van der Waals surface area (Å²) in [6.07, 6.45) is 3.17. The highest BCUT2D eigenvalue weighted by Gasteiger charge is 2.32. The average Bonchev–Trinajstić information content (AvgIpc) is 2.59. The summed E-state index contributed by atoms with van der Waals surface area (Å²) in [7, 11) is 0. The van der Waals surface area contributed by atoms with E-state index in [-0.39, 0.29) is 15.6 Å². The van der Waals surface area contributed by atoms with Gasteiger partial charge < -0.3 is 11.1 Å². The highest BCUT2D eigenvalue weighted by atomic mass is 127. The van der Waals surface area contributed by atoms with Gasteiger partial charge in [0.25, 0.3) is 0 Å². The van der Waals surface area contributed by atoms with Crippen molar-refractivity contribution < 1.29 is 9.59 Å². The van der Waals surface area contributed by atoms with Crippen LogP contribution in [0.4, 0.5) is 11.4 Å². The van der Waals surface area contributed by atoms with Crippen LogP contribution in [0.5, 0.6) is 0 Å². The van der Waals surface area contributed by atoms with Crippen LogP contribution in [0, 0.1) is 0 Å². The first kappa shape index (κ1) is 17.0. The van der Waals surface area contributed by atoms with E-state index in [4.69, 9.17) is 5.73 Å². The molecule has 2 aromatic carbocycles. The van der Waals surface area contributed by atoms with Gasteiger partial charge in [0, 0.05) is 16.7 Å². The van der Waals surface area contributed by atoms with Crippen molar-refractivity contribution in [3.63, 3.8) is 0 Å². The third kappa shape index (κ3) is 2.92. The molecule has 0 saturated carbocycles. The van der Waals surface area contributed by atoms with Gasteiger partial charge in [0.15, 0.2) is 11.6 Å². The smallest absolute Gasteiger partial charge is 0.196 e. The Hall–Kier alpha value is -1.89. The van der Waals surface area contributed by atoms with Gasteiger partial charge in [0.1, 0.15) is 0 Å². The van der Waals surface area contributed by atoms with E-state index in [1.165, 1.54) is 0 Å². The fourth-order valence-corrected chi connectivity index (χ4v) is 3.72. The standard InChI is InChI=1S/C19H19IN2O2/c1-2-3-8-15(20)22-17-14(21)10-9-13-16(17)19(24)12-7-5-4-6-11(12)18(13)23/h4-7,9-10,15,22H,2-3,8,21H2,1H3. The number of anilines is 2. The molecule has 1 unspecified atom stereocenters. The minimum absolute atomic E-state index is 0.123.